The molecule has 114 valence electrons. The highest BCUT2D eigenvalue weighted by Gasteiger charge is 2.24. The van der Waals surface area contributed by atoms with Crippen LogP contribution in [0.1, 0.15) is 24.2 Å². The monoisotopic (exact) mass is 299 g/mol. The minimum absolute atomic E-state index is 0.121. The van der Waals surface area contributed by atoms with Crippen molar-refractivity contribution in [3.8, 4) is 0 Å². The molecular weight excluding hydrogens is 282 g/mol. The Morgan fingerprint density at radius 3 is 2.45 bits per heavy atom. The third kappa shape index (κ3) is 3.49. The number of Topliss-reactive ketones (excluding diaryl/α,β-unsaturated/α-hetero) is 1. The third-order valence-corrected chi connectivity index (χ3v) is 3.23. The van der Waals surface area contributed by atoms with E-state index in [1.165, 1.54) is 6.92 Å². The smallest absolute Gasteiger partial charge is 0.376 e. The highest BCUT2D eigenvalue weighted by molar-refractivity contribution is 6.36. The van der Waals surface area contributed by atoms with E-state index in [0.717, 1.165) is 10.8 Å². The van der Waals surface area contributed by atoms with Crippen LogP contribution in [0.2, 0.25) is 0 Å². The minimum atomic E-state index is -0.936. The van der Waals surface area contributed by atoms with E-state index in [-0.39, 0.29) is 6.61 Å². The lowest BCUT2D eigenvalue weighted by molar-refractivity contribution is -0.154. The molecule has 0 radical (unpaired) electrons. The molecule has 5 heteroatoms. The standard InChI is InChI=1S/C17H17NO4/c1-3-22-17(21)15(19)11(2)18-16(20)14-9-8-12-6-4-5-7-13(12)10-14/h4-11H,3H2,1-2H3,(H,18,20). The Bertz CT molecular complexity index is 723. The molecule has 0 saturated carbocycles. The molecule has 0 spiro atoms. The van der Waals surface area contributed by atoms with Gasteiger partial charge in [-0.2, -0.15) is 0 Å². The molecular formula is C17H17NO4. The lowest BCUT2D eigenvalue weighted by atomic mass is 10.1. The summed E-state index contributed by atoms with van der Waals surface area (Å²) in [5.41, 5.74) is 0.433. The second-order valence-corrected chi connectivity index (χ2v) is 4.84. The van der Waals surface area contributed by atoms with Crippen LogP contribution in [0.15, 0.2) is 42.5 Å². The van der Waals surface area contributed by atoms with E-state index in [4.69, 9.17) is 0 Å². The first kappa shape index (κ1) is 15.7. The first-order valence-corrected chi connectivity index (χ1v) is 7.03. The second kappa shape index (κ2) is 6.85. The van der Waals surface area contributed by atoms with Gasteiger partial charge < -0.3 is 10.1 Å². The number of ether oxygens (including phenoxy) is 1. The van der Waals surface area contributed by atoms with Gasteiger partial charge in [0.05, 0.1) is 12.6 Å². The first-order chi connectivity index (χ1) is 10.5. The number of fused-ring (bicyclic) bond motifs is 1. The van der Waals surface area contributed by atoms with Gasteiger partial charge in [-0.3, -0.25) is 9.59 Å². The fraction of sp³-hybridized carbons (Fsp3) is 0.235. The summed E-state index contributed by atoms with van der Waals surface area (Å²) in [6.45, 7) is 3.19. The average Bonchev–Trinajstić information content (AvgIpc) is 2.53. The molecule has 0 aromatic heterocycles. The van der Waals surface area contributed by atoms with Gasteiger partial charge in [0.15, 0.2) is 0 Å². The molecule has 2 rings (SSSR count). The summed E-state index contributed by atoms with van der Waals surface area (Å²) >= 11 is 0. The normalized spacial score (nSPS) is 11.7. The van der Waals surface area contributed by atoms with E-state index >= 15 is 0 Å². The fourth-order valence-electron chi connectivity index (χ4n) is 2.06. The van der Waals surface area contributed by atoms with Gasteiger partial charge in [0.1, 0.15) is 0 Å². The van der Waals surface area contributed by atoms with Crippen molar-refractivity contribution in [1.82, 2.24) is 5.32 Å². The van der Waals surface area contributed by atoms with E-state index in [0.29, 0.717) is 5.56 Å². The molecule has 1 amide bonds. The molecule has 2 aromatic rings. The summed E-state index contributed by atoms with van der Waals surface area (Å²) in [4.78, 5) is 35.2. The summed E-state index contributed by atoms with van der Waals surface area (Å²) < 4.78 is 4.63. The van der Waals surface area contributed by atoms with Gasteiger partial charge in [0.2, 0.25) is 0 Å². The Kier molecular flexibility index (Phi) is 4.88. The van der Waals surface area contributed by atoms with Crippen molar-refractivity contribution in [1.29, 1.82) is 0 Å². The van der Waals surface area contributed by atoms with Crippen LogP contribution < -0.4 is 5.32 Å². The van der Waals surface area contributed by atoms with Gasteiger partial charge in [-0.1, -0.05) is 30.3 Å². The number of amides is 1. The number of ketones is 1. The number of hydrogen-bond donors (Lipinski definition) is 1. The number of rotatable bonds is 5. The summed E-state index contributed by atoms with van der Waals surface area (Å²) in [5, 5.41) is 4.46. The van der Waals surface area contributed by atoms with Crippen LogP contribution in [0, 0.1) is 0 Å². The predicted octanol–water partition coefficient (Wildman–Crippen LogP) is 2.09. The molecule has 0 heterocycles. The maximum atomic E-state index is 12.2. The highest BCUT2D eigenvalue weighted by Crippen LogP contribution is 2.15. The first-order valence-electron chi connectivity index (χ1n) is 7.03. The molecule has 0 aliphatic rings. The lowest BCUT2D eigenvalue weighted by Crippen LogP contribution is -2.42. The molecule has 1 N–H and O–H groups in total. The number of hydrogen-bond acceptors (Lipinski definition) is 4. The molecule has 0 aliphatic carbocycles. The molecule has 1 unspecified atom stereocenters. The number of benzene rings is 2. The van der Waals surface area contributed by atoms with Crippen LogP contribution in [-0.2, 0) is 14.3 Å². The molecule has 0 bridgehead atoms. The lowest BCUT2D eigenvalue weighted by Gasteiger charge is -2.12. The van der Waals surface area contributed by atoms with Crippen molar-refractivity contribution in [2.75, 3.05) is 6.61 Å². The number of esters is 1. The Balaban J connectivity index is 2.10. The highest BCUT2D eigenvalue weighted by atomic mass is 16.5. The number of nitrogens with one attached hydrogen (secondary N) is 1. The third-order valence-electron chi connectivity index (χ3n) is 3.23. The topological polar surface area (TPSA) is 72.5 Å². The number of carbonyl (C=O) groups excluding carboxylic acids is 3. The van der Waals surface area contributed by atoms with Crippen molar-refractivity contribution in [3.05, 3.63) is 48.0 Å². The zero-order valence-electron chi connectivity index (χ0n) is 12.5. The Morgan fingerprint density at radius 1 is 1.09 bits per heavy atom. The summed E-state index contributed by atoms with van der Waals surface area (Å²) in [6, 6.07) is 12.0. The van der Waals surface area contributed by atoms with Crippen LogP contribution in [0.25, 0.3) is 10.8 Å². The van der Waals surface area contributed by atoms with Crippen molar-refractivity contribution < 1.29 is 19.1 Å². The molecule has 5 nitrogen and oxygen atoms in total. The van der Waals surface area contributed by atoms with Crippen molar-refractivity contribution in [3.63, 3.8) is 0 Å². The van der Waals surface area contributed by atoms with Crippen LogP contribution in [0.4, 0.5) is 0 Å². The van der Waals surface area contributed by atoms with Crippen molar-refractivity contribution in [2.45, 2.75) is 19.9 Å². The molecule has 0 aliphatic heterocycles. The van der Waals surface area contributed by atoms with Gasteiger partial charge in [0, 0.05) is 5.56 Å². The van der Waals surface area contributed by atoms with E-state index < -0.39 is 23.7 Å². The van der Waals surface area contributed by atoms with Crippen LogP contribution in [0.3, 0.4) is 0 Å². The second-order valence-electron chi connectivity index (χ2n) is 4.84. The molecule has 1 atom stereocenters. The van der Waals surface area contributed by atoms with Crippen molar-refractivity contribution in [2.24, 2.45) is 0 Å². The van der Waals surface area contributed by atoms with Gasteiger partial charge in [-0.25, -0.2) is 4.79 Å². The molecule has 22 heavy (non-hydrogen) atoms. The van der Waals surface area contributed by atoms with Crippen molar-refractivity contribution >= 4 is 28.4 Å². The summed E-state index contributed by atoms with van der Waals surface area (Å²) in [7, 11) is 0. The summed E-state index contributed by atoms with van der Waals surface area (Å²) in [5.74, 6) is -2.11. The predicted molar refractivity (Wildman–Crippen MR) is 82.5 cm³/mol. The minimum Gasteiger partial charge on any atom is -0.460 e. The van der Waals surface area contributed by atoms with Crippen LogP contribution in [-0.4, -0.2) is 30.3 Å². The molecule has 0 saturated heterocycles. The average molecular weight is 299 g/mol. The van der Waals surface area contributed by atoms with Crippen LogP contribution >= 0.6 is 0 Å². The quantitative estimate of drug-likeness (QED) is 0.678. The Hall–Kier alpha value is -2.69. The zero-order chi connectivity index (χ0) is 16.1. The molecule has 2 aromatic carbocycles. The van der Waals surface area contributed by atoms with E-state index in [9.17, 15) is 14.4 Å². The summed E-state index contributed by atoms with van der Waals surface area (Å²) in [6.07, 6.45) is 0. The maximum Gasteiger partial charge on any atom is 0.376 e. The van der Waals surface area contributed by atoms with Crippen LogP contribution in [0.5, 0.6) is 0 Å². The largest absolute Gasteiger partial charge is 0.460 e. The van der Waals surface area contributed by atoms with Gasteiger partial charge in [-0.05, 0) is 36.8 Å². The maximum absolute atomic E-state index is 12.2. The SMILES string of the molecule is CCOC(=O)C(=O)C(C)NC(=O)c1ccc2ccccc2c1. The van der Waals surface area contributed by atoms with Gasteiger partial charge in [-0.15, -0.1) is 0 Å². The molecule has 0 fully saturated rings. The van der Waals surface area contributed by atoms with E-state index in [1.54, 1.807) is 19.1 Å². The van der Waals surface area contributed by atoms with Gasteiger partial charge >= 0.3 is 5.97 Å². The Morgan fingerprint density at radius 2 is 1.77 bits per heavy atom. The van der Waals surface area contributed by atoms with E-state index in [2.05, 4.69) is 10.1 Å². The van der Waals surface area contributed by atoms with E-state index in [1.807, 2.05) is 30.3 Å². The fourth-order valence-corrected chi connectivity index (χ4v) is 2.06. The Labute approximate surface area is 128 Å². The zero-order valence-corrected chi connectivity index (χ0v) is 12.5. The van der Waals surface area contributed by atoms with Gasteiger partial charge in [0.25, 0.3) is 11.7 Å². The number of carbonyl (C=O) groups is 3.